The average Bonchev–Trinajstić information content (AvgIpc) is 3.14. The number of halogens is 1. The molecule has 0 radical (unpaired) electrons. The van der Waals surface area contributed by atoms with Crippen LogP contribution in [0.1, 0.15) is 21.3 Å². The van der Waals surface area contributed by atoms with Crippen molar-refractivity contribution in [2.75, 3.05) is 26.8 Å². The summed E-state index contributed by atoms with van der Waals surface area (Å²) >= 11 is 1.25. The van der Waals surface area contributed by atoms with Gasteiger partial charge in [0.1, 0.15) is 0 Å². The van der Waals surface area contributed by atoms with E-state index < -0.39 is 27.9 Å². The van der Waals surface area contributed by atoms with E-state index in [1.54, 1.807) is 0 Å². The molecule has 2 aromatic carbocycles. The molecule has 0 saturated carbocycles. The number of nitrogens with zero attached hydrogens (tertiary/aromatic N) is 1. The second-order valence-corrected chi connectivity index (χ2v) is 9.71. The lowest BCUT2D eigenvalue weighted by Crippen LogP contribution is -2.42. The molecule has 1 amide bonds. The molecular weight excluding hydrogens is 431 g/mol. The number of methoxy groups -OCH3 is 1. The summed E-state index contributed by atoms with van der Waals surface area (Å²) < 4.78 is 53.1. The van der Waals surface area contributed by atoms with Gasteiger partial charge in [-0.05, 0) is 29.7 Å². The molecule has 158 valence electrons. The number of carbonyl (C=O) groups excluding carboxylic acids is 1. The highest BCUT2D eigenvalue weighted by atomic mass is 32.2. The molecule has 1 saturated heterocycles. The summed E-state index contributed by atoms with van der Waals surface area (Å²) in [6, 6.07) is 10.9. The molecule has 1 unspecified atom stereocenters. The quantitative estimate of drug-likeness (QED) is 0.644. The van der Waals surface area contributed by atoms with Gasteiger partial charge in [0.25, 0.3) is 5.91 Å². The number of thiophene rings is 1. The zero-order valence-electron chi connectivity index (χ0n) is 16.0. The third-order valence-electron chi connectivity index (χ3n) is 4.97. The van der Waals surface area contributed by atoms with Gasteiger partial charge in [0, 0.05) is 23.4 Å². The Bertz CT molecular complexity index is 1230. The fourth-order valence-electron chi connectivity index (χ4n) is 3.54. The van der Waals surface area contributed by atoms with E-state index >= 15 is 0 Å². The van der Waals surface area contributed by atoms with Crippen LogP contribution in [0.25, 0.3) is 10.1 Å². The molecule has 1 aliphatic rings. The smallest absolute Gasteiger partial charge is 0.259 e. The van der Waals surface area contributed by atoms with Gasteiger partial charge in [0.05, 0.1) is 29.6 Å². The molecule has 0 aliphatic carbocycles. The maximum Gasteiger partial charge on any atom is 0.259 e. The van der Waals surface area contributed by atoms with Crippen LogP contribution in [0.5, 0.6) is 5.75 Å². The third kappa shape index (κ3) is 3.56. The number of hydrogen-bond donors (Lipinski definition) is 1. The summed E-state index contributed by atoms with van der Waals surface area (Å²) in [7, 11) is -2.67. The minimum absolute atomic E-state index is 0.0169. The van der Waals surface area contributed by atoms with Gasteiger partial charge >= 0.3 is 0 Å². The second kappa shape index (κ2) is 7.95. The van der Waals surface area contributed by atoms with Crippen molar-refractivity contribution in [3.05, 3.63) is 58.7 Å². The lowest BCUT2D eigenvalue weighted by molar-refractivity contribution is -0.00189. The van der Waals surface area contributed by atoms with E-state index in [0.717, 1.165) is 16.2 Å². The van der Waals surface area contributed by atoms with Crippen molar-refractivity contribution in [2.24, 2.45) is 5.73 Å². The first-order valence-electron chi connectivity index (χ1n) is 9.09. The fraction of sp³-hybridized carbons (Fsp3) is 0.250. The van der Waals surface area contributed by atoms with Crippen molar-refractivity contribution in [3.8, 4) is 5.75 Å². The maximum absolute atomic E-state index is 14.1. The highest BCUT2D eigenvalue weighted by molar-refractivity contribution is 7.89. The molecule has 4 rings (SSSR count). The van der Waals surface area contributed by atoms with Crippen LogP contribution in [0.2, 0.25) is 0 Å². The van der Waals surface area contributed by atoms with Crippen molar-refractivity contribution in [2.45, 2.75) is 11.0 Å². The Morgan fingerprint density at radius 1 is 1.30 bits per heavy atom. The van der Waals surface area contributed by atoms with Crippen molar-refractivity contribution < 1.29 is 27.1 Å². The molecular formula is C20H19FN2O5S2. The first-order valence-corrected chi connectivity index (χ1v) is 11.3. The van der Waals surface area contributed by atoms with Crippen LogP contribution >= 0.6 is 11.3 Å². The standard InChI is InChI=1S/C20H19FN2O5S2/c1-27-15-7-6-12(10-14(15)21)30(25,26)23-8-9-28-16(11-23)18-13-4-2-3-5-17(13)29-19(18)20(22)24/h2-7,10,16H,8-9,11H2,1H3,(H2,22,24). The van der Waals surface area contributed by atoms with E-state index in [1.165, 1.54) is 34.9 Å². The number of amides is 1. The minimum Gasteiger partial charge on any atom is -0.494 e. The van der Waals surface area contributed by atoms with Crippen molar-refractivity contribution in [1.82, 2.24) is 4.31 Å². The van der Waals surface area contributed by atoms with Gasteiger partial charge in [-0.3, -0.25) is 4.79 Å². The van der Waals surface area contributed by atoms with Gasteiger partial charge in [-0.2, -0.15) is 4.31 Å². The number of ether oxygens (including phenoxy) is 2. The third-order valence-corrected chi connectivity index (χ3v) is 8.03. The summed E-state index contributed by atoms with van der Waals surface area (Å²) in [6.45, 7) is 0.225. The molecule has 1 atom stereocenters. The Kier molecular flexibility index (Phi) is 5.49. The number of morpholine rings is 1. The van der Waals surface area contributed by atoms with E-state index in [0.29, 0.717) is 10.4 Å². The van der Waals surface area contributed by atoms with Gasteiger partial charge in [-0.1, -0.05) is 18.2 Å². The Labute approximate surface area is 176 Å². The van der Waals surface area contributed by atoms with E-state index in [4.69, 9.17) is 15.2 Å². The van der Waals surface area contributed by atoms with E-state index in [1.807, 2.05) is 24.3 Å². The highest BCUT2D eigenvalue weighted by Crippen LogP contribution is 2.38. The van der Waals surface area contributed by atoms with Crippen molar-refractivity contribution in [3.63, 3.8) is 0 Å². The number of benzene rings is 2. The van der Waals surface area contributed by atoms with Crippen molar-refractivity contribution >= 4 is 37.4 Å². The normalized spacial score (nSPS) is 17.9. The molecule has 7 nitrogen and oxygen atoms in total. The zero-order valence-corrected chi connectivity index (χ0v) is 17.6. The number of carbonyl (C=O) groups is 1. The molecule has 2 heterocycles. The average molecular weight is 451 g/mol. The zero-order chi connectivity index (χ0) is 21.5. The van der Waals surface area contributed by atoms with Gasteiger partial charge in [-0.15, -0.1) is 11.3 Å². The fourth-order valence-corrected chi connectivity index (χ4v) is 6.09. The number of hydrogen-bond acceptors (Lipinski definition) is 6. The Balaban J connectivity index is 1.71. The first-order chi connectivity index (χ1) is 14.3. The number of primary amides is 1. The molecule has 1 aliphatic heterocycles. The Morgan fingerprint density at radius 2 is 2.07 bits per heavy atom. The number of nitrogens with two attached hydrogens (primary N) is 1. The lowest BCUT2D eigenvalue weighted by atomic mass is 10.0. The van der Waals surface area contributed by atoms with Gasteiger partial charge in [-0.25, -0.2) is 12.8 Å². The predicted octanol–water partition coefficient (Wildman–Crippen LogP) is 2.91. The topological polar surface area (TPSA) is 98.9 Å². The maximum atomic E-state index is 14.1. The predicted molar refractivity (Wildman–Crippen MR) is 111 cm³/mol. The van der Waals surface area contributed by atoms with Crippen LogP contribution in [-0.2, 0) is 14.8 Å². The molecule has 1 fully saturated rings. The Morgan fingerprint density at radius 3 is 2.77 bits per heavy atom. The molecule has 10 heteroatoms. The SMILES string of the molecule is COc1ccc(S(=O)(=O)N2CCOC(c3c(C(N)=O)sc4ccccc34)C2)cc1F. The van der Waals surface area contributed by atoms with Crippen LogP contribution in [-0.4, -0.2) is 45.4 Å². The molecule has 0 spiro atoms. The second-order valence-electron chi connectivity index (χ2n) is 6.72. The highest BCUT2D eigenvalue weighted by Gasteiger charge is 2.35. The van der Waals surface area contributed by atoms with Gasteiger partial charge in [0.15, 0.2) is 11.6 Å². The largest absolute Gasteiger partial charge is 0.494 e. The molecule has 30 heavy (non-hydrogen) atoms. The number of rotatable bonds is 5. The van der Waals surface area contributed by atoms with E-state index in [2.05, 4.69) is 0 Å². The monoisotopic (exact) mass is 450 g/mol. The lowest BCUT2D eigenvalue weighted by Gasteiger charge is -2.32. The summed E-state index contributed by atoms with van der Waals surface area (Å²) in [5.74, 6) is -1.39. The Hall–Kier alpha value is -2.53. The van der Waals surface area contributed by atoms with Crippen LogP contribution in [0, 0.1) is 5.82 Å². The van der Waals surface area contributed by atoms with E-state index in [9.17, 15) is 17.6 Å². The summed E-state index contributed by atoms with van der Waals surface area (Å²) in [5, 5.41) is 0.802. The van der Waals surface area contributed by atoms with Gasteiger partial charge < -0.3 is 15.2 Å². The molecule has 1 aromatic heterocycles. The summed E-state index contributed by atoms with van der Waals surface area (Å²) in [6.07, 6.45) is -0.671. The van der Waals surface area contributed by atoms with Crippen LogP contribution in [0.15, 0.2) is 47.4 Å². The minimum atomic E-state index is -3.97. The van der Waals surface area contributed by atoms with Crippen LogP contribution < -0.4 is 10.5 Å². The summed E-state index contributed by atoms with van der Waals surface area (Å²) in [5.41, 5.74) is 6.16. The summed E-state index contributed by atoms with van der Waals surface area (Å²) in [4.78, 5) is 12.2. The van der Waals surface area contributed by atoms with Crippen LogP contribution in [0.3, 0.4) is 0 Å². The van der Waals surface area contributed by atoms with Gasteiger partial charge in [0.2, 0.25) is 10.0 Å². The van der Waals surface area contributed by atoms with E-state index in [-0.39, 0.29) is 30.3 Å². The van der Waals surface area contributed by atoms with Crippen molar-refractivity contribution in [1.29, 1.82) is 0 Å². The number of fused-ring (bicyclic) bond motifs is 1. The first kappa shape index (κ1) is 20.7. The number of sulfonamides is 1. The molecule has 0 bridgehead atoms. The molecule has 2 N–H and O–H groups in total. The molecule has 3 aromatic rings. The van der Waals surface area contributed by atoms with Crippen LogP contribution in [0.4, 0.5) is 4.39 Å².